The van der Waals surface area contributed by atoms with Crippen LogP contribution in [0.25, 0.3) is 0 Å². The van der Waals surface area contributed by atoms with Crippen LogP contribution in [0.2, 0.25) is 0 Å². The topological polar surface area (TPSA) is 44.1 Å². The van der Waals surface area contributed by atoms with E-state index in [0.717, 1.165) is 6.54 Å². The van der Waals surface area contributed by atoms with Crippen molar-refractivity contribution < 1.29 is 4.79 Å². The lowest BCUT2D eigenvalue weighted by molar-refractivity contribution is 0.0911. The summed E-state index contributed by atoms with van der Waals surface area (Å²) in [6, 6.07) is 9.20. The smallest absolute Gasteiger partial charge is 0.176 e. The average Bonchev–Trinajstić information content (AvgIpc) is 2.35. The predicted molar refractivity (Wildman–Crippen MR) is 67.9 cm³/mol. The molecular formula is C14H18N2O. The summed E-state index contributed by atoms with van der Waals surface area (Å²) in [5.74, 6) is 0.102. The Bertz CT molecular complexity index is 415. The Balaban J connectivity index is 2.73. The van der Waals surface area contributed by atoms with Gasteiger partial charge in [0, 0.05) is 11.6 Å². The van der Waals surface area contributed by atoms with Crippen LogP contribution in [0.5, 0.6) is 0 Å². The Morgan fingerprint density at radius 1 is 1.35 bits per heavy atom. The van der Waals surface area contributed by atoms with E-state index in [2.05, 4.69) is 18.7 Å². The Hall–Kier alpha value is -1.66. The van der Waals surface area contributed by atoms with Crippen molar-refractivity contribution in [1.82, 2.24) is 4.90 Å². The van der Waals surface area contributed by atoms with Crippen molar-refractivity contribution in [3.63, 3.8) is 0 Å². The lowest BCUT2D eigenvalue weighted by Gasteiger charge is -2.23. The summed E-state index contributed by atoms with van der Waals surface area (Å²) >= 11 is 0. The molecule has 0 fully saturated rings. The highest BCUT2D eigenvalue weighted by Gasteiger charge is 2.13. The third-order valence-electron chi connectivity index (χ3n) is 2.82. The minimum Gasteiger partial charge on any atom is -0.294 e. The number of Topliss-reactive ketones (excluding diaryl/α,β-unsaturated/α-hetero) is 1. The van der Waals surface area contributed by atoms with Crippen LogP contribution in [0.1, 0.15) is 36.7 Å². The van der Waals surface area contributed by atoms with Gasteiger partial charge in [0.05, 0.1) is 18.2 Å². The fourth-order valence-electron chi connectivity index (χ4n) is 1.67. The summed E-state index contributed by atoms with van der Waals surface area (Å²) in [5, 5.41) is 8.68. The van der Waals surface area contributed by atoms with Crippen LogP contribution in [0.3, 0.4) is 0 Å². The molecule has 0 aliphatic heterocycles. The van der Waals surface area contributed by atoms with Gasteiger partial charge in [0.1, 0.15) is 0 Å². The lowest BCUT2D eigenvalue weighted by Crippen LogP contribution is -2.35. The minimum atomic E-state index is 0.102. The number of likely N-dealkylation sites (N-methyl/N-ethyl adjacent to an activating group) is 1. The molecule has 0 atom stereocenters. The Morgan fingerprint density at radius 2 is 1.94 bits per heavy atom. The van der Waals surface area contributed by atoms with Gasteiger partial charge in [-0.25, -0.2) is 0 Å². The first-order valence-electron chi connectivity index (χ1n) is 5.86. The molecule has 1 rings (SSSR count). The normalized spacial score (nSPS) is 10.6. The van der Waals surface area contributed by atoms with E-state index >= 15 is 0 Å². The summed E-state index contributed by atoms with van der Waals surface area (Å²) in [6.07, 6.45) is 0. The van der Waals surface area contributed by atoms with Crippen LogP contribution in [-0.2, 0) is 0 Å². The molecule has 0 aromatic heterocycles. The molecule has 0 spiro atoms. The second kappa shape index (κ2) is 6.17. The van der Waals surface area contributed by atoms with Gasteiger partial charge in [-0.1, -0.05) is 19.1 Å². The van der Waals surface area contributed by atoms with Crippen LogP contribution in [0.4, 0.5) is 0 Å². The van der Waals surface area contributed by atoms with E-state index < -0.39 is 0 Å². The number of hydrogen-bond donors (Lipinski definition) is 0. The number of nitriles is 1. The van der Waals surface area contributed by atoms with E-state index in [1.165, 1.54) is 0 Å². The maximum atomic E-state index is 12.0. The van der Waals surface area contributed by atoms with E-state index in [4.69, 9.17) is 5.26 Å². The van der Waals surface area contributed by atoms with Crippen LogP contribution in [-0.4, -0.2) is 29.8 Å². The van der Waals surface area contributed by atoms with Crippen molar-refractivity contribution in [3.05, 3.63) is 35.4 Å². The summed E-state index contributed by atoms with van der Waals surface area (Å²) in [4.78, 5) is 14.1. The first-order valence-corrected chi connectivity index (χ1v) is 5.86. The quantitative estimate of drug-likeness (QED) is 0.730. The second-order valence-electron chi connectivity index (χ2n) is 4.27. The molecule has 3 nitrogen and oxygen atoms in total. The lowest BCUT2D eigenvalue weighted by atomic mass is 10.1. The minimum absolute atomic E-state index is 0.102. The van der Waals surface area contributed by atoms with E-state index in [1.807, 2.05) is 13.0 Å². The molecule has 0 radical (unpaired) electrons. The van der Waals surface area contributed by atoms with E-state index in [1.54, 1.807) is 24.3 Å². The van der Waals surface area contributed by atoms with Crippen molar-refractivity contribution in [3.8, 4) is 6.07 Å². The Labute approximate surface area is 103 Å². The summed E-state index contributed by atoms with van der Waals surface area (Å²) in [6.45, 7) is 7.50. The van der Waals surface area contributed by atoms with Crippen LogP contribution >= 0.6 is 0 Å². The van der Waals surface area contributed by atoms with Crippen LogP contribution < -0.4 is 0 Å². The number of carbonyl (C=O) groups is 1. The summed E-state index contributed by atoms with van der Waals surface area (Å²) in [7, 11) is 0. The molecule has 17 heavy (non-hydrogen) atoms. The van der Waals surface area contributed by atoms with Crippen LogP contribution in [0.15, 0.2) is 24.3 Å². The number of nitrogens with zero attached hydrogens (tertiary/aromatic N) is 2. The fraction of sp³-hybridized carbons (Fsp3) is 0.429. The highest BCUT2D eigenvalue weighted by Crippen LogP contribution is 2.07. The highest BCUT2D eigenvalue weighted by atomic mass is 16.1. The molecule has 1 aromatic carbocycles. The molecule has 0 amide bonds. The molecule has 0 saturated heterocycles. The zero-order chi connectivity index (χ0) is 12.8. The maximum Gasteiger partial charge on any atom is 0.176 e. The second-order valence-corrected chi connectivity index (χ2v) is 4.27. The molecular weight excluding hydrogens is 212 g/mol. The van der Waals surface area contributed by atoms with E-state index in [9.17, 15) is 4.79 Å². The standard InChI is InChI=1S/C14H18N2O/c1-4-16(11(2)3)10-14(17)13-7-5-12(9-15)6-8-13/h5-8,11H,4,10H2,1-3H3. The third kappa shape index (κ3) is 3.69. The van der Waals surface area contributed by atoms with Gasteiger partial charge in [-0.15, -0.1) is 0 Å². The highest BCUT2D eigenvalue weighted by molar-refractivity contribution is 5.97. The predicted octanol–water partition coefficient (Wildman–Crippen LogP) is 2.47. The van der Waals surface area contributed by atoms with E-state index in [-0.39, 0.29) is 5.78 Å². The number of benzene rings is 1. The number of rotatable bonds is 5. The zero-order valence-corrected chi connectivity index (χ0v) is 10.6. The van der Waals surface area contributed by atoms with Crippen molar-refractivity contribution >= 4 is 5.78 Å². The molecule has 90 valence electrons. The van der Waals surface area contributed by atoms with Gasteiger partial charge < -0.3 is 0 Å². The summed E-state index contributed by atoms with van der Waals surface area (Å²) in [5.41, 5.74) is 1.25. The molecule has 1 aromatic rings. The number of hydrogen-bond acceptors (Lipinski definition) is 3. The largest absolute Gasteiger partial charge is 0.294 e. The van der Waals surface area contributed by atoms with Gasteiger partial charge in [0.2, 0.25) is 0 Å². The Kier molecular flexibility index (Phi) is 4.86. The number of ketones is 1. The van der Waals surface area contributed by atoms with Gasteiger partial charge in [0.15, 0.2) is 5.78 Å². The fourth-order valence-corrected chi connectivity index (χ4v) is 1.67. The van der Waals surface area contributed by atoms with Crippen molar-refractivity contribution in [2.45, 2.75) is 26.8 Å². The van der Waals surface area contributed by atoms with Gasteiger partial charge in [-0.2, -0.15) is 5.26 Å². The third-order valence-corrected chi connectivity index (χ3v) is 2.82. The molecule has 0 unspecified atom stereocenters. The molecule has 0 bridgehead atoms. The van der Waals surface area contributed by atoms with Gasteiger partial charge >= 0.3 is 0 Å². The van der Waals surface area contributed by atoms with Gasteiger partial charge in [-0.3, -0.25) is 9.69 Å². The van der Waals surface area contributed by atoms with E-state index in [0.29, 0.717) is 23.7 Å². The average molecular weight is 230 g/mol. The van der Waals surface area contributed by atoms with Crippen molar-refractivity contribution in [2.24, 2.45) is 0 Å². The molecule has 0 aliphatic carbocycles. The van der Waals surface area contributed by atoms with Gasteiger partial charge in [0.25, 0.3) is 0 Å². The summed E-state index contributed by atoms with van der Waals surface area (Å²) < 4.78 is 0. The van der Waals surface area contributed by atoms with Gasteiger partial charge in [-0.05, 0) is 32.5 Å². The SMILES string of the molecule is CCN(CC(=O)c1ccc(C#N)cc1)C(C)C. The molecule has 3 heteroatoms. The molecule has 0 N–H and O–H groups in total. The number of carbonyl (C=O) groups excluding carboxylic acids is 1. The molecule has 0 aliphatic rings. The van der Waals surface area contributed by atoms with Crippen molar-refractivity contribution in [2.75, 3.05) is 13.1 Å². The zero-order valence-electron chi connectivity index (χ0n) is 10.6. The first kappa shape index (κ1) is 13.4. The monoisotopic (exact) mass is 230 g/mol. The molecule has 0 saturated carbocycles. The maximum absolute atomic E-state index is 12.0. The Morgan fingerprint density at radius 3 is 2.35 bits per heavy atom. The molecule has 0 heterocycles. The van der Waals surface area contributed by atoms with Crippen molar-refractivity contribution in [1.29, 1.82) is 5.26 Å². The van der Waals surface area contributed by atoms with Crippen LogP contribution in [0, 0.1) is 11.3 Å². The first-order chi connectivity index (χ1) is 8.08.